The highest BCUT2D eigenvalue weighted by Gasteiger charge is 2.08. The van der Waals surface area contributed by atoms with E-state index in [4.69, 9.17) is 9.94 Å². The molecule has 0 aliphatic heterocycles. The van der Waals surface area contributed by atoms with Crippen molar-refractivity contribution in [3.05, 3.63) is 23.1 Å². The van der Waals surface area contributed by atoms with E-state index in [9.17, 15) is 9.70 Å². The zero-order chi connectivity index (χ0) is 12.0. The minimum Gasteiger partial charge on any atom is -0.479 e. The number of esters is 1. The molecule has 1 aromatic carbocycles. The van der Waals surface area contributed by atoms with E-state index >= 15 is 0 Å². The largest absolute Gasteiger partial charge is 0.479 e. The first kappa shape index (κ1) is 11.9. The third kappa shape index (κ3) is 2.92. The summed E-state index contributed by atoms with van der Waals surface area (Å²) in [5.41, 5.74) is 2.22. The van der Waals surface area contributed by atoms with Crippen molar-refractivity contribution in [3.63, 3.8) is 0 Å². The van der Waals surface area contributed by atoms with Gasteiger partial charge in [-0.05, 0) is 17.3 Å². The van der Waals surface area contributed by atoms with Gasteiger partial charge in [-0.2, -0.15) is 0 Å². The molecule has 0 atom stereocenters. The Hall–Kier alpha value is -2.15. The van der Waals surface area contributed by atoms with Crippen LogP contribution in [0.4, 0.5) is 11.4 Å². The molecule has 0 aromatic heterocycles. The van der Waals surface area contributed by atoms with Crippen LogP contribution >= 0.6 is 0 Å². The normalized spacial score (nSPS) is 9.38. The van der Waals surface area contributed by atoms with Gasteiger partial charge in [0.05, 0.1) is 12.8 Å². The summed E-state index contributed by atoms with van der Waals surface area (Å²) in [4.78, 5) is 21.2. The lowest BCUT2D eigenvalue weighted by Gasteiger charge is -2.07. The number of carbonyl (C=O) groups excluding carboxylic acids is 1. The number of hydrogen-bond acceptors (Lipinski definition) is 7. The maximum Gasteiger partial charge on any atom is 0.343 e. The van der Waals surface area contributed by atoms with Crippen molar-refractivity contribution in [3.8, 4) is 5.75 Å². The first-order valence-corrected chi connectivity index (χ1v) is 4.28. The van der Waals surface area contributed by atoms with Crippen LogP contribution in [0.2, 0.25) is 0 Å². The first-order valence-electron chi connectivity index (χ1n) is 4.28. The number of ether oxygens (including phenoxy) is 2. The molecule has 1 rings (SSSR count). The number of carbonyl (C=O) groups is 1. The van der Waals surface area contributed by atoms with Gasteiger partial charge in [-0.15, -0.1) is 4.91 Å². The Morgan fingerprint density at radius 2 is 2.31 bits per heavy atom. The fourth-order valence-electron chi connectivity index (χ4n) is 0.970. The van der Waals surface area contributed by atoms with E-state index in [1.165, 1.54) is 25.3 Å². The van der Waals surface area contributed by atoms with E-state index in [0.717, 1.165) is 0 Å². The molecule has 0 spiro atoms. The fourth-order valence-corrected chi connectivity index (χ4v) is 0.970. The van der Waals surface area contributed by atoms with Crippen molar-refractivity contribution in [2.75, 3.05) is 19.2 Å². The van der Waals surface area contributed by atoms with Crippen LogP contribution in [0.5, 0.6) is 5.75 Å². The third-order valence-corrected chi connectivity index (χ3v) is 1.76. The van der Waals surface area contributed by atoms with Crippen LogP contribution in [0.1, 0.15) is 0 Å². The molecule has 0 fully saturated rings. The molecule has 0 aliphatic rings. The summed E-state index contributed by atoms with van der Waals surface area (Å²) >= 11 is 0. The summed E-state index contributed by atoms with van der Waals surface area (Å²) in [5.74, 6) is -0.501. The molecule has 0 heterocycles. The van der Waals surface area contributed by atoms with Crippen LogP contribution in [0.15, 0.2) is 23.4 Å². The van der Waals surface area contributed by atoms with Gasteiger partial charge in [0.15, 0.2) is 12.4 Å². The van der Waals surface area contributed by atoms with Gasteiger partial charge in [-0.3, -0.25) is 10.7 Å². The van der Waals surface area contributed by atoms with E-state index in [0.29, 0.717) is 5.69 Å². The topological polar surface area (TPSA) is 97.2 Å². The van der Waals surface area contributed by atoms with Gasteiger partial charge in [0, 0.05) is 6.07 Å². The summed E-state index contributed by atoms with van der Waals surface area (Å²) in [6.45, 7) is -0.339. The number of anilines is 1. The van der Waals surface area contributed by atoms with Crippen molar-refractivity contribution in [1.82, 2.24) is 0 Å². The van der Waals surface area contributed by atoms with E-state index in [2.05, 4.69) is 9.91 Å². The van der Waals surface area contributed by atoms with Crippen LogP contribution in [-0.4, -0.2) is 24.9 Å². The Balaban J connectivity index is 2.82. The minimum absolute atomic E-state index is 0.0305. The smallest absolute Gasteiger partial charge is 0.343 e. The van der Waals surface area contributed by atoms with Crippen LogP contribution in [0.3, 0.4) is 0 Å². The molecule has 0 saturated heterocycles. The van der Waals surface area contributed by atoms with Gasteiger partial charge in [0.1, 0.15) is 5.69 Å². The minimum atomic E-state index is -0.584. The van der Waals surface area contributed by atoms with Gasteiger partial charge >= 0.3 is 5.97 Å². The molecule has 0 amide bonds. The average molecular weight is 226 g/mol. The molecule has 0 unspecified atom stereocenters. The number of nitrogens with zero attached hydrogens (tertiary/aromatic N) is 1. The zero-order valence-electron chi connectivity index (χ0n) is 8.47. The molecular formula is C9H10N2O5. The highest BCUT2D eigenvalue weighted by Crippen LogP contribution is 2.30. The standard InChI is InChI=1S/C9H10N2O5/c1-15-9(12)5-16-8-4-6(10-13)2-3-7(8)11-14/h2-4,10,13H,5H2,1H3. The van der Waals surface area contributed by atoms with E-state index in [-0.39, 0.29) is 18.0 Å². The number of nitroso groups, excluding NO2 is 1. The number of hydrogen-bond donors (Lipinski definition) is 2. The average Bonchev–Trinajstić information content (AvgIpc) is 2.35. The SMILES string of the molecule is COC(=O)COc1cc(NO)ccc1N=O. The van der Waals surface area contributed by atoms with E-state index < -0.39 is 5.97 Å². The summed E-state index contributed by atoms with van der Waals surface area (Å²) in [7, 11) is 1.22. The summed E-state index contributed by atoms with van der Waals surface area (Å²) < 4.78 is 9.37. The van der Waals surface area contributed by atoms with Crippen LogP contribution in [0.25, 0.3) is 0 Å². The first-order chi connectivity index (χ1) is 7.71. The molecule has 0 radical (unpaired) electrons. The fraction of sp³-hybridized carbons (Fsp3) is 0.222. The number of nitrogens with one attached hydrogen (secondary N) is 1. The molecule has 2 N–H and O–H groups in total. The molecule has 1 aromatic rings. The van der Waals surface area contributed by atoms with Gasteiger partial charge in [-0.25, -0.2) is 4.79 Å². The van der Waals surface area contributed by atoms with E-state index in [1.807, 2.05) is 5.48 Å². The maximum absolute atomic E-state index is 10.8. The number of methoxy groups -OCH3 is 1. The Kier molecular flexibility index (Phi) is 4.22. The van der Waals surface area contributed by atoms with Gasteiger partial charge in [0.25, 0.3) is 0 Å². The second kappa shape index (κ2) is 5.66. The summed E-state index contributed by atoms with van der Waals surface area (Å²) in [6, 6.07) is 4.11. The Morgan fingerprint density at radius 3 is 2.88 bits per heavy atom. The Morgan fingerprint density at radius 1 is 1.56 bits per heavy atom. The van der Waals surface area contributed by atoms with Crippen LogP contribution in [0, 0.1) is 4.91 Å². The zero-order valence-corrected chi connectivity index (χ0v) is 8.47. The molecule has 16 heavy (non-hydrogen) atoms. The summed E-state index contributed by atoms with van der Waals surface area (Å²) in [5, 5.41) is 11.4. The highest BCUT2D eigenvalue weighted by atomic mass is 16.6. The molecule has 7 heteroatoms. The maximum atomic E-state index is 10.8. The molecular weight excluding hydrogens is 216 g/mol. The molecule has 86 valence electrons. The van der Waals surface area contributed by atoms with Gasteiger partial charge in [-0.1, -0.05) is 0 Å². The Labute approximate surface area is 90.9 Å². The number of rotatable bonds is 5. The second-order valence-electron chi connectivity index (χ2n) is 2.75. The van der Waals surface area contributed by atoms with Crippen molar-refractivity contribution >= 4 is 17.3 Å². The van der Waals surface area contributed by atoms with Gasteiger partial charge < -0.3 is 9.47 Å². The lowest BCUT2D eigenvalue weighted by atomic mass is 10.2. The highest BCUT2D eigenvalue weighted by molar-refractivity contribution is 5.71. The quantitative estimate of drug-likeness (QED) is 0.448. The van der Waals surface area contributed by atoms with Crippen molar-refractivity contribution < 1.29 is 19.5 Å². The monoisotopic (exact) mass is 226 g/mol. The molecule has 0 aliphatic carbocycles. The molecule has 0 saturated carbocycles. The molecule has 7 nitrogen and oxygen atoms in total. The predicted molar refractivity (Wildman–Crippen MR) is 54.8 cm³/mol. The second-order valence-corrected chi connectivity index (χ2v) is 2.75. The van der Waals surface area contributed by atoms with Crippen LogP contribution in [-0.2, 0) is 9.53 Å². The van der Waals surface area contributed by atoms with Crippen LogP contribution < -0.4 is 10.2 Å². The Bertz CT molecular complexity index is 393. The van der Waals surface area contributed by atoms with Gasteiger partial charge in [0.2, 0.25) is 0 Å². The molecule has 0 bridgehead atoms. The summed E-state index contributed by atoms with van der Waals surface area (Å²) in [6.07, 6.45) is 0. The predicted octanol–water partition coefficient (Wildman–Crippen LogP) is 1.44. The van der Waals surface area contributed by atoms with Crippen molar-refractivity contribution in [2.45, 2.75) is 0 Å². The van der Waals surface area contributed by atoms with Crippen molar-refractivity contribution in [1.29, 1.82) is 0 Å². The third-order valence-electron chi connectivity index (χ3n) is 1.76. The van der Waals surface area contributed by atoms with E-state index in [1.54, 1.807) is 0 Å². The van der Waals surface area contributed by atoms with Crippen molar-refractivity contribution in [2.24, 2.45) is 5.18 Å². The lowest BCUT2D eigenvalue weighted by molar-refractivity contribution is -0.142. The lowest BCUT2D eigenvalue weighted by Crippen LogP contribution is -2.12. The number of benzene rings is 1.